The Bertz CT molecular complexity index is 469. The summed E-state index contributed by atoms with van der Waals surface area (Å²) in [5, 5.41) is 3.14. The topological polar surface area (TPSA) is 62.9 Å². The minimum absolute atomic E-state index is 0. The summed E-state index contributed by atoms with van der Waals surface area (Å²) in [5.41, 5.74) is 6.86. The second-order valence-corrected chi connectivity index (χ2v) is 6.38. The molecule has 0 saturated heterocycles. The van der Waals surface area contributed by atoms with Crippen LogP contribution in [0.3, 0.4) is 0 Å². The van der Waals surface area contributed by atoms with Gasteiger partial charge in [0.25, 0.3) is 0 Å². The van der Waals surface area contributed by atoms with Gasteiger partial charge in [0.1, 0.15) is 12.4 Å². The molecule has 0 heterocycles. The van der Waals surface area contributed by atoms with Gasteiger partial charge in [0, 0.05) is 12.1 Å². The number of rotatable bonds is 6. The van der Waals surface area contributed by atoms with Crippen molar-refractivity contribution in [1.82, 2.24) is 10.2 Å². The normalized spacial score (nSPS) is 12.0. The Labute approximate surface area is 151 Å². The first-order valence-electron chi connectivity index (χ1n) is 7.21. The molecule has 0 saturated carbocycles. The number of ether oxygens (including phenoxy) is 1. The summed E-state index contributed by atoms with van der Waals surface area (Å²) in [5.74, 6) is 1.33. The number of halogens is 1. The first-order chi connectivity index (χ1) is 9.76. The molecule has 0 unspecified atom stereocenters. The van der Waals surface area contributed by atoms with Gasteiger partial charge in [-0.2, -0.15) is 0 Å². The molecule has 6 heteroatoms. The van der Waals surface area contributed by atoms with Crippen LogP contribution in [0.4, 0.5) is 0 Å². The van der Waals surface area contributed by atoms with Crippen molar-refractivity contribution < 1.29 is 4.74 Å². The number of nitrogens with zero attached hydrogens (tertiary/aromatic N) is 2. The van der Waals surface area contributed by atoms with E-state index in [4.69, 9.17) is 10.5 Å². The van der Waals surface area contributed by atoms with Crippen molar-refractivity contribution in [3.8, 4) is 5.75 Å². The van der Waals surface area contributed by atoms with E-state index in [-0.39, 0.29) is 29.5 Å². The molecule has 0 amide bonds. The highest BCUT2D eigenvalue weighted by Gasteiger charge is 2.09. The van der Waals surface area contributed by atoms with Gasteiger partial charge < -0.3 is 20.7 Å². The lowest BCUT2D eigenvalue weighted by Gasteiger charge is -2.21. The lowest BCUT2D eigenvalue weighted by Crippen LogP contribution is -2.44. The van der Waals surface area contributed by atoms with Gasteiger partial charge in [0.15, 0.2) is 5.96 Å². The first kappa shape index (κ1) is 21.0. The summed E-state index contributed by atoms with van der Waals surface area (Å²) in [6.07, 6.45) is 0. The second-order valence-electron chi connectivity index (χ2n) is 6.38. The van der Waals surface area contributed by atoms with Crippen molar-refractivity contribution in [1.29, 1.82) is 0 Å². The van der Waals surface area contributed by atoms with Gasteiger partial charge in [0.2, 0.25) is 0 Å². The summed E-state index contributed by atoms with van der Waals surface area (Å²) in [6.45, 7) is 8.26. The molecule has 0 atom stereocenters. The Morgan fingerprint density at radius 3 is 2.59 bits per heavy atom. The smallest absolute Gasteiger partial charge is 0.189 e. The van der Waals surface area contributed by atoms with E-state index < -0.39 is 0 Å². The van der Waals surface area contributed by atoms with E-state index in [1.807, 2.05) is 38.4 Å². The van der Waals surface area contributed by atoms with Crippen molar-refractivity contribution in [2.24, 2.45) is 10.7 Å². The molecular formula is C16H29IN4O. The molecule has 22 heavy (non-hydrogen) atoms. The monoisotopic (exact) mass is 420 g/mol. The highest BCUT2D eigenvalue weighted by Crippen LogP contribution is 2.14. The van der Waals surface area contributed by atoms with Crippen molar-refractivity contribution in [3.63, 3.8) is 0 Å². The fourth-order valence-electron chi connectivity index (χ4n) is 1.68. The van der Waals surface area contributed by atoms with Crippen LogP contribution in [-0.2, 0) is 6.54 Å². The molecule has 0 spiro atoms. The molecule has 1 aromatic carbocycles. The second kappa shape index (κ2) is 9.89. The molecule has 1 aromatic rings. The van der Waals surface area contributed by atoms with Crippen molar-refractivity contribution in [2.45, 2.75) is 32.9 Å². The molecule has 0 bridgehead atoms. The highest BCUT2D eigenvalue weighted by atomic mass is 127. The number of nitrogens with two attached hydrogens (primary N) is 1. The molecule has 1 rings (SSSR count). The molecule has 0 aliphatic rings. The summed E-state index contributed by atoms with van der Waals surface area (Å²) in [4.78, 5) is 6.44. The minimum Gasteiger partial charge on any atom is -0.492 e. The fraction of sp³-hybridized carbons (Fsp3) is 0.562. The number of guanidine groups is 1. The molecule has 0 radical (unpaired) electrons. The van der Waals surface area contributed by atoms with Gasteiger partial charge in [-0.15, -0.1) is 24.0 Å². The predicted octanol–water partition coefficient (Wildman–Crippen LogP) is 2.45. The highest BCUT2D eigenvalue weighted by molar-refractivity contribution is 14.0. The first-order valence-corrected chi connectivity index (χ1v) is 7.21. The lowest BCUT2D eigenvalue weighted by atomic mass is 10.1. The summed E-state index contributed by atoms with van der Waals surface area (Å²) < 4.78 is 5.71. The maximum absolute atomic E-state index is 5.86. The maximum Gasteiger partial charge on any atom is 0.189 e. The van der Waals surface area contributed by atoms with E-state index in [1.54, 1.807) is 0 Å². The van der Waals surface area contributed by atoms with Crippen LogP contribution >= 0.6 is 24.0 Å². The average molecular weight is 420 g/mol. The summed E-state index contributed by atoms with van der Waals surface area (Å²) >= 11 is 0. The van der Waals surface area contributed by atoms with Crippen LogP contribution in [0, 0.1) is 0 Å². The Morgan fingerprint density at radius 1 is 1.32 bits per heavy atom. The van der Waals surface area contributed by atoms with Crippen molar-refractivity contribution >= 4 is 29.9 Å². The van der Waals surface area contributed by atoms with Crippen LogP contribution in [0.2, 0.25) is 0 Å². The predicted molar refractivity (Wildman–Crippen MR) is 104 cm³/mol. The number of hydrogen-bond donors (Lipinski definition) is 2. The van der Waals surface area contributed by atoms with E-state index in [9.17, 15) is 0 Å². The molecule has 0 fully saturated rings. The Hall–Kier alpha value is -1.02. The van der Waals surface area contributed by atoms with Crippen LogP contribution in [0.25, 0.3) is 0 Å². The molecule has 0 aliphatic carbocycles. The van der Waals surface area contributed by atoms with Crippen LogP contribution in [0.5, 0.6) is 5.75 Å². The zero-order chi connectivity index (χ0) is 15.9. The van der Waals surface area contributed by atoms with Gasteiger partial charge in [-0.3, -0.25) is 0 Å². The fourth-order valence-corrected chi connectivity index (χ4v) is 1.68. The molecule has 0 aliphatic heterocycles. The van der Waals surface area contributed by atoms with Gasteiger partial charge in [0.05, 0.1) is 6.54 Å². The number of likely N-dealkylation sites (N-methyl/N-ethyl adjacent to an activating group) is 1. The van der Waals surface area contributed by atoms with Gasteiger partial charge in [-0.25, -0.2) is 4.99 Å². The van der Waals surface area contributed by atoms with E-state index in [2.05, 4.69) is 36.0 Å². The Kier molecular flexibility index (Phi) is 9.43. The SMILES string of the molecule is CN(C)CCOc1cccc(CN=C(N)NC(C)(C)C)c1.I. The largest absolute Gasteiger partial charge is 0.492 e. The maximum atomic E-state index is 5.86. The molecule has 5 nitrogen and oxygen atoms in total. The lowest BCUT2D eigenvalue weighted by molar-refractivity contribution is 0.261. The number of hydrogen-bond acceptors (Lipinski definition) is 3. The summed E-state index contributed by atoms with van der Waals surface area (Å²) in [7, 11) is 4.05. The van der Waals surface area contributed by atoms with Crippen LogP contribution in [-0.4, -0.2) is 43.6 Å². The van der Waals surface area contributed by atoms with Crippen LogP contribution in [0.1, 0.15) is 26.3 Å². The standard InChI is InChI=1S/C16H28N4O.HI/c1-16(2,3)19-15(17)18-12-13-7-6-8-14(11-13)21-10-9-20(4)5;/h6-8,11H,9-10,12H2,1-5H3,(H3,17,18,19);1H. The number of aliphatic imine (C=N–C) groups is 1. The third-order valence-electron chi connectivity index (χ3n) is 2.64. The quantitative estimate of drug-likeness (QED) is 0.422. The van der Waals surface area contributed by atoms with Gasteiger partial charge >= 0.3 is 0 Å². The van der Waals surface area contributed by atoms with Gasteiger partial charge in [-0.05, 0) is 52.6 Å². The molecule has 3 N–H and O–H groups in total. The average Bonchev–Trinajstić information content (AvgIpc) is 2.34. The van der Waals surface area contributed by atoms with Crippen LogP contribution < -0.4 is 15.8 Å². The van der Waals surface area contributed by atoms with Crippen molar-refractivity contribution in [3.05, 3.63) is 29.8 Å². The van der Waals surface area contributed by atoms with Crippen LogP contribution in [0.15, 0.2) is 29.3 Å². The molecular weight excluding hydrogens is 391 g/mol. The third-order valence-corrected chi connectivity index (χ3v) is 2.64. The Balaban J connectivity index is 0.00000441. The Morgan fingerprint density at radius 2 is 2.00 bits per heavy atom. The van der Waals surface area contributed by atoms with E-state index in [0.717, 1.165) is 17.9 Å². The minimum atomic E-state index is -0.0786. The zero-order valence-corrected chi connectivity index (χ0v) is 16.5. The van der Waals surface area contributed by atoms with E-state index >= 15 is 0 Å². The van der Waals surface area contributed by atoms with Crippen molar-refractivity contribution in [2.75, 3.05) is 27.2 Å². The zero-order valence-electron chi connectivity index (χ0n) is 14.2. The van der Waals surface area contributed by atoms with Gasteiger partial charge in [-0.1, -0.05) is 12.1 Å². The van der Waals surface area contributed by atoms with E-state index in [1.165, 1.54) is 0 Å². The molecule has 126 valence electrons. The summed E-state index contributed by atoms with van der Waals surface area (Å²) in [6, 6.07) is 7.96. The third kappa shape index (κ3) is 9.83. The molecule has 0 aromatic heterocycles. The number of nitrogens with one attached hydrogen (secondary N) is 1. The van der Waals surface area contributed by atoms with E-state index in [0.29, 0.717) is 19.1 Å². The number of benzene rings is 1.